The van der Waals surface area contributed by atoms with E-state index in [9.17, 15) is 82.4 Å². The van der Waals surface area contributed by atoms with E-state index in [4.69, 9.17) is 10.5 Å². The summed E-state index contributed by atoms with van der Waals surface area (Å²) in [5.41, 5.74) is 7.01. The Bertz CT molecular complexity index is 3520. The number of fused-ring (bicyclic) bond motifs is 5. The molecule has 96 heavy (non-hydrogen) atoms. The topological polar surface area (TPSA) is 458 Å². The summed E-state index contributed by atoms with van der Waals surface area (Å²) >= 11 is 0. The minimum atomic E-state index is -2.41. The molecule has 3 aromatic rings. The van der Waals surface area contributed by atoms with E-state index in [1.807, 2.05) is 0 Å². The molecule has 5 heterocycles. The van der Waals surface area contributed by atoms with Crippen molar-refractivity contribution in [2.45, 2.75) is 160 Å². The zero-order valence-electron chi connectivity index (χ0n) is 54.7. The molecule has 7 rings (SSSR count). The molecule has 2 saturated heterocycles. The van der Waals surface area contributed by atoms with Crippen molar-refractivity contribution in [3.63, 3.8) is 0 Å². The number of likely N-dealkylation sites (tertiary alicyclic amines) is 1. The molecule has 14 atom stereocenters. The molecule has 2 bridgehead atoms. The van der Waals surface area contributed by atoms with Crippen LogP contribution in [-0.4, -0.2) is 198 Å². The van der Waals surface area contributed by atoms with E-state index < -0.39 is 218 Å². The highest BCUT2D eigenvalue weighted by Gasteiger charge is 2.46. The molecular formula is C65H87N11O19S. The number of hydrogen-bond donors (Lipinski definition) is 12. The van der Waals surface area contributed by atoms with Gasteiger partial charge in [-0.3, -0.25) is 76.2 Å². The number of nitrogens with two attached hydrogens (primary N) is 1. The summed E-state index contributed by atoms with van der Waals surface area (Å²) in [4.78, 5) is 197. The van der Waals surface area contributed by atoms with Crippen molar-refractivity contribution in [2.75, 3.05) is 43.9 Å². The van der Waals surface area contributed by atoms with Crippen molar-refractivity contribution in [2.24, 2.45) is 47.2 Å². The molecule has 31 heteroatoms. The van der Waals surface area contributed by atoms with Crippen LogP contribution in [0.5, 0.6) is 5.75 Å². The number of anilines is 1. The Kier molecular flexibility index (Phi) is 25.8. The molecular weight excluding hydrogens is 1270 g/mol. The maximum absolute atomic E-state index is 15.2. The first kappa shape index (κ1) is 74.6. The Morgan fingerprint density at radius 1 is 0.812 bits per heavy atom. The number of carbonyl (C=O) groups excluding carboxylic acids is 14. The number of aliphatic hydroxyl groups is 3. The van der Waals surface area contributed by atoms with Gasteiger partial charge in [-0.15, -0.1) is 0 Å². The monoisotopic (exact) mass is 1360 g/mol. The largest absolute Gasteiger partial charge is 0.489 e. The number of Topliss-reactive ketones (excluding diaryl/α,β-unsaturated/α-hetero) is 3. The number of carbonyl (C=O) groups is 14. The summed E-state index contributed by atoms with van der Waals surface area (Å²) in [6.45, 7) is 8.32. The number of aromatic nitrogens is 1. The number of hydrogen-bond acceptors (Lipinski definition) is 19. The van der Waals surface area contributed by atoms with Crippen LogP contribution < -0.4 is 47.7 Å². The number of ether oxygens (including phenoxy) is 1. The van der Waals surface area contributed by atoms with Crippen molar-refractivity contribution in [3.8, 4) is 5.75 Å². The van der Waals surface area contributed by atoms with Crippen LogP contribution in [0.2, 0.25) is 0 Å². The van der Waals surface area contributed by atoms with Gasteiger partial charge >= 0.3 is 0 Å². The highest BCUT2D eigenvalue weighted by atomic mass is 32.2. The lowest BCUT2D eigenvalue weighted by molar-refractivity contribution is -0.145. The van der Waals surface area contributed by atoms with Crippen molar-refractivity contribution in [3.05, 3.63) is 53.6 Å². The molecule has 0 spiro atoms. The highest BCUT2D eigenvalue weighted by molar-refractivity contribution is 7.85. The van der Waals surface area contributed by atoms with Crippen LogP contribution in [-0.2, 0) is 91.0 Å². The summed E-state index contributed by atoms with van der Waals surface area (Å²) in [7, 11) is -2.41. The molecule has 0 saturated carbocycles. The zero-order valence-corrected chi connectivity index (χ0v) is 55.5. The number of aliphatic hydroxyl groups excluding tert-OH is 3. The van der Waals surface area contributed by atoms with Crippen LogP contribution in [0.4, 0.5) is 5.69 Å². The molecule has 3 unspecified atom stereocenters. The van der Waals surface area contributed by atoms with Crippen LogP contribution in [0.25, 0.3) is 10.9 Å². The number of nitrogens with one attached hydrogen (secondary N) is 8. The molecule has 4 aliphatic rings. The smallest absolute Gasteiger partial charge is 0.243 e. The number of rotatable bonds is 20. The van der Waals surface area contributed by atoms with Crippen LogP contribution in [0.1, 0.15) is 111 Å². The van der Waals surface area contributed by atoms with Gasteiger partial charge in [-0.25, -0.2) is 0 Å². The van der Waals surface area contributed by atoms with Crippen molar-refractivity contribution < 1.29 is 91.4 Å². The van der Waals surface area contributed by atoms with Gasteiger partial charge in [0.25, 0.3) is 0 Å². The maximum atomic E-state index is 15.2. The lowest BCUT2D eigenvalue weighted by atomic mass is 9.85. The molecule has 0 radical (unpaired) electrons. The standard InChI is InChI=1S/C65H87N11O19S/c1-8-32(4)57-62(91)68-25-53(85)70-45-30-96(94)63-43(19-37(60(89)67-26-54(86)73-57)20-49(81)58(35(7)50(82)28-77)74-61(90)46-23-40(78)27-76(46)65(93)38(21-47(45)79)22-51(66)83)42-14-13-41(24-44(42)71-63)95-29-36-9-11-39(12-10-36)69-59(88)33(5)17-48(80)56(31(2)3)72-52(84)15-16-75-55(87)18-34(6)64(75)92/h9-14,24,31-35,37-38,40,45-46,50,56-58,71,77-78,82H,8,15-23,25-30H2,1-7H3,(H2,66,83)(H,67,89)(H,68,91)(H,69,88)(H,70,85)(H,72,84)(H,73,86)(H,74,90)/t32-,33+,34?,35-,37+,38-,40?,45-,46-,50-,56-,57-,58-,96?/m0/s1. The molecule has 0 aliphatic carbocycles. The van der Waals surface area contributed by atoms with E-state index in [1.54, 1.807) is 77.9 Å². The maximum Gasteiger partial charge on any atom is 0.243 e. The summed E-state index contributed by atoms with van der Waals surface area (Å²) in [6.07, 6.45) is -6.25. The average Bonchev–Trinajstić information content (AvgIpc) is 1.62. The fourth-order valence-corrected chi connectivity index (χ4v) is 13.6. The van der Waals surface area contributed by atoms with Crippen LogP contribution in [0, 0.1) is 41.4 Å². The number of H-pyrrole nitrogens is 1. The fraction of sp³-hybridized carbons (Fsp3) is 0.569. The lowest BCUT2D eigenvalue weighted by Gasteiger charge is -2.32. The molecule has 2 aromatic carbocycles. The average molecular weight is 1360 g/mol. The van der Waals surface area contributed by atoms with Gasteiger partial charge < -0.3 is 72.9 Å². The van der Waals surface area contributed by atoms with Gasteiger partial charge in [-0.05, 0) is 53.6 Å². The number of imide groups is 1. The first-order valence-electron chi connectivity index (χ1n) is 32.2. The van der Waals surface area contributed by atoms with E-state index in [0.717, 1.165) is 9.80 Å². The second kappa shape index (κ2) is 33.2. The molecule has 13 N–H and O–H groups in total. The Hall–Kier alpha value is -8.81. The van der Waals surface area contributed by atoms with Crippen molar-refractivity contribution >= 4 is 110 Å². The van der Waals surface area contributed by atoms with Crippen LogP contribution in [0.3, 0.4) is 0 Å². The van der Waals surface area contributed by atoms with E-state index in [0.29, 0.717) is 23.1 Å². The SMILES string of the molecule is CC[C@H](C)[C@@H]1NC(=O)CNC(=O)[C@H]2CC(=O)[C@H]([C@@H](C)[C@@H](O)CO)NC(=O)[C@@H]3CC(O)CN3C(=O)[C@H](CC(N)=O)CC(=O)[C@H](CS(=O)c3[nH]c4cc(OCc5ccc(NC(=O)[C@H](C)CC(=O)[C@@H](NC(=O)CCN6C(=O)CC(C)C6=O)C(C)C)cc5)ccc4c3C2)NC(=O)CNC1=O. The normalized spacial score (nSPS) is 25.3. The van der Waals surface area contributed by atoms with Gasteiger partial charge in [0, 0.05) is 98.8 Å². The number of aromatic amines is 1. The summed E-state index contributed by atoms with van der Waals surface area (Å²) in [5, 5.41) is 50.3. The third-order valence-electron chi connectivity index (χ3n) is 18.1. The predicted octanol–water partition coefficient (Wildman–Crippen LogP) is -1.41. The lowest BCUT2D eigenvalue weighted by Crippen LogP contribution is -2.56. The minimum absolute atomic E-state index is 0.0531. The minimum Gasteiger partial charge on any atom is -0.489 e. The second-order valence-electron chi connectivity index (χ2n) is 25.8. The number of amides is 11. The van der Waals surface area contributed by atoms with E-state index in [2.05, 4.69) is 42.2 Å². The Labute approximate surface area is 556 Å². The Morgan fingerprint density at radius 2 is 1.49 bits per heavy atom. The number of ketones is 3. The Morgan fingerprint density at radius 3 is 2.12 bits per heavy atom. The Balaban J connectivity index is 1.19. The molecule has 30 nitrogen and oxygen atoms in total. The van der Waals surface area contributed by atoms with E-state index in [-0.39, 0.29) is 77.8 Å². The first-order valence-corrected chi connectivity index (χ1v) is 33.5. The molecule has 1 aromatic heterocycles. The van der Waals surface area contributed by atoms with Crippen LogP contribution in [0.15, 0.2) is 47.5 Å². The third kappa shape index (κ3) is 19.0. The number of nitrogens with zero attached hydrogens (tertiary/aromatic N) is 2. The first-order chi connectivity index (χ1) is 45.4. The van der Waals surface area contributed by atoms with E-state index >= 15 is 4.21 Å². The molecule has 4 aliphatic heterocycles. The fourth-order valence-electron chi connectivity index (χ4n) is 12.1. The van der Waals surface area contributed by atoms with Gasteiger partial charge in [0.2, 0.25) is 65.0 Å². The second-order valence-corrected chi connectivity index (χ2v) is 27.2. The van der Waals surface area contributed by atoms with E-state index in [1.165, 1.54) is 13.0 Å². The van der Waals surface area contributed by atoms with Crippen molar-refractivity contribution in [1.29, 1.82) is 0 Å². The highest BCUT2D eigenvalue weighted by Crippen LogP contribution is 2.34. The molecule has 11 amide bonds. The van der Waals surface area contributed by atoms with Gasteiger partial charge in [0.15, 0.2) is 17.3 Å². The zero-order chi connectivity index (χ0) is 70.6. The summed E-state index contributed by atoms with van der Waals surface area (Å²) in [5.74, 6) is -17.7. The number of primary amides is 1. The summed E-state index contributed by atoms with van der Waals surface area (Å²) in [6, 6.07) is 4.00. The third-order valence-corrected chi connectivity index (χ3v) is 19.5. The van der Waals surface area contributed by atoms with Crippen LogP contribution >= 0.6 is 0 Å². The predicted molar refractivity (Wildman–Crippen MR) is 343 cm³/mol. The van der Waals surface area contributed by atoms with Gasteiger partial charge in [0.05, 0.1) is 78.0 Å². The molecule has 522 valence electrons. The van der Waals surface area contributed by atoms with Gasteiger partial charge in [-0.2, -0.15) is 0 Å². The van der Waals surface area contributed by atoms with Crippen molar-refractivity contribution in [1.82, 2.24) is 46.7 Å². The molecule has 2 fully saturated rings. The van der Waals surface area contributed by atoms with Gasteiger partial charge in [0.1, 0.15) is 29.5 Å². The van der Waals surface area contributed by atoms with Gasteiger partial charge in [-0.1, -0.05) is 67.0 Å². The number of benzene rings is 2. The quantitative estimate of drug-likeness (QED) is 0.0579. The summed E-state index contributed by atoms with van der Waals surface area (Å²) < 4.78 is 21.4.